The number of halogens is 2. The number of hydrogen-bond donors (Lipinski definition) is 0. The van der Waals surface area contributed by atoms with E-state index in [1.807, 2.05) is 24.3 Å². The van der Waals surface area contributed by atoms with E-state index in [1.54, 1.807) is 38.3 Å². The smallest absolute Gasteiger partial charge is 0.275 e. The van der Waals surface area contributed by atoms with Crippen molar-refractivity contribution in [3.63, 3.8) is 0 Å². The number of fused-ring (bicyclic) bond motifs is 3. The van der Waals surface area contributed by atoms with Crippen LogP contribution in [0, 0.1) is 17.4 Å². The van der Waals surface area contributed by atoms with Crippen molar-refractivity contribution in [2.75, 3.05) is 31.1 Å². The highest BCUT2D eigenvalue weighted by Gasteiger charge is 2.25. The summed E-state index contributed by atoms with van der Waals surface area (Å²) in [4.78, 5) is 29.6. The van der Waals surface area contributed by atoms with Crippen molar-refractivity contribution in [1.29, 1.82) is 0 Å². The largest absolute Gasteiger partial charge is 0.310 e. The lowest BCUT2D eigenvalue weighted by atomic mass is 10.2. The molecule has 0 N–H and O–H groups in total. The molecule has 2 aromatic heterocycles. The van der Waals surface area contributed by atoms with Gasteiger partial charge in [-0.3, -0.25) is 14.5 Å². The van der Waals surface area contributed by atoms with Crippen molar-refractivity contribution in [3.05, 3.63) is 82.0 Å². The predicted molar refractivity (Wildman–Crippen MR) is 120 cm³/mol. The van der Waals surface area contributed by atoms with Gasteiger partial charge in [0.15, 0.2) is 11.6 Å². The van der Waals surface area contributed by atoms with Gasteiger partial charge < -0.3 is 13.9 Å². The summed E-state index contributed by atoms with van der Waals surface area (Å²) in [6.07, 6.45) is 2.48. The molecule has 0 atom stereocenters. The summed E-state index contributed by atoms with van der Waals surface area (Å²) in [7, 11) is 0. The summed E-state index contributed by atoms with van der Waals surface area (Å²) in [5, 5.41) is 0.753. The lowest BCUT2D eigenvalue weighted by molar-refractivity contribution is -0.288. The molecule has 1 saturated heterocycles. The molecule has 2 aromatic carbocycles. The molecule has 1 amide bonds. The van der Waals surface area contributed by atoms with Crippen molar-refractivity contribution < 1.29 is 20.8 Å². The second-order valence-electron chi connectivity index (χ2n) is 8.02. The van der Waals surface area contributed by atoms with Crippen LogP contribution >= 0.6 is 0 Å². The van der Waals surface area contributed by atoms with Crippen LogP contribution < -0.4 is 10.5 Å². The number of anilines is 1. The van der Waals surface area contributed by atoms with E-state index in [4.69, 9.17) is 11.6 Å². The number of rotatable bonds is 5. The average Bonchev–Trinajstić information content (AvgIpc) is 3.28. The van der Waals surface area contributed by atoms with Gasteiger partial charge in [0.2, 0.25) is 10.9 Å². The van der Waals surface area contributed by atoms with E-state index in [0.717, 1.165) is 17.3 Å². The molecule has 0 bridgehead atoms. The standard InChI is InChI=1S/C24H23ClFN4O2/c25-17-4-7-19(8-5-17)28-14-13-27(16-23(28)31)10-2-12-30-20-9-6-18(26)15-22(20)29-11-1-3-21(29)24(30)32/h1,3-9,11,15,25H,2,10,12-14,16H2/q+1. The van der Waals surface area contributed by atoms with E-state index in [-0.39, 0.29) is 17.3 Å². The molecule has 3 heterocycles. The minimum atomic E-state index is -0.337. The Hall–Kier alpha value is -3.16. The van der Waals surface area contributed by atoms with Gasteiger partial charge in [-0.1, -0.05) is 0 Å². The molecule has 1 fully saturated rings. The van der Waals surface area contributed by atoms with E-state index in [1.165, 1.54) is 12.1 Å². The normalized spacial score (nSPS) is 15.2. The summed E-state index contributed by atoms with van der Waals surface area (Å²) in [6.45, 7) is 2.92. The topological polar surface area (TPSA) is 50.0 Å². The van der Waals surface area contributed by atoms with E-state index >= 15 is 0 Å². The maximum atomic E-state index is 13.9. The zero-order valence-corrected chi connectivity index (χ0v) is 18.2. The Kier molecular flexibility index (Phi) is 5.45. The average molecular weight is 454 g/mol. The van der Waals surface area contributed by atoms with E-state index in [9.17, 15) is 14.0 Å². The quantitative estimate of drug-likeness (QED) is 0.467. The van der Waals surface area contributed by atoms with Crippen molar-refractivity contribution >= 4 is 28.1 Å². The van der Waals surface area contributed by atoms with Gasteiger partial charge >= 0.3 is 0 Å². The van der Waals surface area contributed by atoms with Gasteiger partial charge in [0.25, 0.3) is 5.56 Å². The van der Waals surface area contributed by atoms with Crippen LogP contribution in [0.1, 0.15) is 6.42 Å². The van der Waals surface area contributed by atoms with Gasteiger partial charge in [-0.15, -0.1) is 0 Å². The number of hydrogen-bond acceptors (Lipinski definition) is 3. The molecule has 0 saturated carbocycles. The fourth-order valence-electron chi connectivity index (χ4n) is 4.42. The first kappa shape index (κ1) is 20.7. The Morgan fingerprint density at radius 1 is 0.906 bits per heavy atom. The molecule has 8 heteroatoms. The van der Waals surface area contributed by atoms with E-state index in [0.29, 0.717) is 49.1 Å². The first-order chi connectivity index (χ1) is 15.5. The molecule has 1 aliphatic rings. The lowest BCUT2D eigenvalue weighted by Crippen LogP contribution is -2.50. The molecule has 4 aromatic rings. The molecular formula is C24H23ClFN4O2+. The van der Waals surface area contributed by atoms with E-state index < -0.39 is 0 Å². The number of benzene rings is 2. The number of nitrogens with zero attached hydrogens (tertiary/aromatic N) is 4. The summed E-state index contributed by atoms with van der Waals surface area (Å²) in [5.41, 5.74) is 2.66. The molecule has 32 heavy (non-hydrogen) atoms. The Morgan fingerprint density at radius 2 is 1.72 bits per heavy atom. The molecule has 0 spiro atoms. The Labute approximate surface area is 189 Å². The first-order valence-electron chi connectivity index (χ1n) is 10.6. The van der Waals surface area contributed by atoms with Crippen LogP contribution in [0.5, 0.6) is 0 Å². The van der Waals surface area contributed by atoms with Crippen molar-refractivity contribution in [2.24, 2.45) is 0 Å². The third-order valence-corrected chi connectivity index (χ3v) is 6.28. The van der Waals surface area contributed by atoms with Gasteiger partial charge in [-0.05, 0) is 48.9 Å². The van der Waals surface area contributed by atoms with Crippen LogP contribution in [0.4, 0.5) is 10.1 Å². The van der Waals surface area contributed by atoms with Gasteiger partial charge in [-0.25, -0.2) is 4.39 Å². The van der Waals surface area contributed by atoms with E-state index in [2.05, 4.69) is 4.90 Å². The molecule has 5 rings (SSSR count). The number of amides is 1. The van der Waals surface area contributed by atoms with Crippen molar-refractivity contribution in [3.8, 4) is 0 Å². The maximum Gasteiger partial charge on any atom is 0.275 e. The Balaban J connectivity index is 1.29. The van der Waals surface area contributed by atoms with Gasteiger partial charge in [0.05, 0.1) is 17.6 Å². The monoisotopic (exact) mass is 453 g/mol. The predicted octanol–water partition coefficient (Wildman–Crippen LogP) is 2.83. The summed E-state index contributed by atoms with van der Waals surface area (Å²) >= 11 is 5.12. The van der Waals surface area contributed by atoms with Gasteiger partial charge in [-0.2, -0.15) is 0 Å². The molecule has 0 aliphatic carbocycles. The van der Waals surface area contributed by atoms with Gasteiger partial charge in [0.1, 0.15) is 11.3 Å². The molecule has 164 valence electrons. The van der Waals surface area contributed by atoms with Gasteiger partial charge in [0, 0.05) is 50.2 Å². The third kappa shape index (κ3) is 3.78. The first-order valence-corrected chi connectivity index (χ1v) is 11.0. The maximum absolute atomic E-state index is 13.9. The van der Waals surface area contributed by atoms with Crippen LogP contribution in [0.2, 0.25) is 5.02 Å². The summed E-state index contributed by atoms with van der Waals surface area (Å²) < 4.78 is 17.3. The Bertz CT molecular complexity index is 1360. The fraction of sp³-hybridized carbons (Fsp3) is 0.250. The van der Waals surface area contributed by atoms with Crippen LogP contribution in [0.3, 0.4) is 0 Å². The number of aryl methyl sites for hydroxylation is 1. The second-order valence-corrected chi connectivity index (χ2v) is 8.49. The minimum Gasteiger partial charge on any atom is -0.310 e. The van der Waals surface area contributed by atoms with Crippen molar-refractivity contribution in [1.82, 2.24) is 13.9 Å². The third-order valence-electron chi connectivity index (χ3n) is 6.01. The highest BCUT2D eigenvalue weighted by atomic mass is 35.5. The lowest BCUT2D eigenvalue weighted by Gasteiger charge is -2.34. The van der Waals surface area contributed by atoms with Crippen LogP contribution in [0.15, 0.2) is 65.6 Å². The minimum absolute atomic E-state index is 0.0565. The number of piperazine rings is 1. The van der Waals surface area contributed by atoms with Crippen LogP contribution in [-0.2, 0) is 11.3 Å². The van der Waals surface area contributed by atoms with Crippen LogP contribution in [0.25, 0.3) is 16.6 Å². The van der Waals surface area contributed by atoms with Crippen molar-refractivity contribution in [2.45, 2.75) is 13.0 Å². The zero-order valence-electron chi connectivity index (χ0n) is 17.4. The highest BCUT2D eigenvalue weighted by molar-refractivity contribution is 5.95. The highest BCUT2D eigenvalue weighted by Crippen LogP contribution is 2.20. The number of aromatic nitrogens is 2. The fourth-order valence-corrected chi connectivity index (χ4v) is 4.55. The number of carbonyl (C=O) groups is 1. The molecule has 0 unspecified atom stereocenters. The zero-order chi connectivity index (χ0) is 22.2. The summed E-state index contributed by atoms with van der Waals surface area (Å²) in [5.74, 6) is -0.280. The summed E-state index contributed by atoms with van der Waals surface area (Å²) in [6, 6.07) is 15.5. The molecule has 1 aliphatic heterocycles. The molecular weight excluding hydrogens is 431 g/mol. The molecule has 0 radical (unpaired) electrons. The van der Waals surface area contributed by atoms with Crippen LogP contribution in [-0.4, -0.2) is 46.0 Å². The molecule has 6 nitrogen and oxygen atoms in total. The number of carbonyl (C=O) groups excluding carboxylic acids is 1. The SMILES string of the molecule is O=C1CN(CCCn2c(=O)c3cccn3c3cc(F)ccc32)CCN1c1ccc([ClH+])cc1. The second kappa shape index (κ2) is 8.41. The Morgan fingerprint density at radius 3 is 2.50 bits per heavy atom.